The van der Waals surface area contributed by atoms with Crippen LogP contribution in [0.5, 0.6) is 0 Å². The second kappa shape index (κ2) is 12.2. The van der Waals surface area contributed by atoms with Gasteiger partial charge in [-0.3, -0.25) is 0 Å². The van der Waals surface area contributed by atoms with Gasteiger partial charge in [-0.1, -0.05) is 60.7 Å². The summed E-state index contributed by atoms with van der Waals surface area (Å²) < 4.78 is 63.8. The number of rotatable bonds is 10. The van der Waals surface area contributed by atoms with Crippen LogP contribution in [0.15, 0.2) is 60.7 Å². The molecule has 0 radical (unpaired) electrons. The Morgan fingerprint density at radius 1 is 0.476 bits per heavy atom. The molecule has 3 aliphatic rings. The van der Waals surface area contributed by atoms with Crippen LogP contribution in [-0.2, 0) is 60.6 Å². The lowest BCUT2D eigenvalue weighted by Gasteiger charge is -2.62. The molecule has 10 atom stereocenters. The van der Waals surface area contributed by atoms with E-state index < -0.39 is 59.8 Å². The van der Waals surface area contributed by atoms with Gasteiger partial charge in [-0.2, -0.15) is 0 Å². The van der Waals surface area contributed by atoms with Crippen molar-refractivity contribution in [2.45, 2.75) is 101 Å². The van der Waals surface area contributed by atoms with Crippen molar-refractivity contribution in [1.29, 1.82) is 0 Å². The SMILES string of the molecule is COC1(C)O[C@@H]2C(OCc3ccccc3)[C@@H]3OC(C)(OC)C(C)(OC)O[C@H]3C(OCc3ccccc3)[C@H]2OC1(C)OC. The van der Waals surface area contributed by atoms with Gasteiger partial charge in [0, 0.05) is 28.4 Å². The van der Waals surface area contributed by atoms with Crippen molar-refractivity contribution in [2.24, 2.45) is 0 Å². The number of ether oxygens (including phenoxy) is 10. The Labute approximate surface area is 248 Å². The van der Waals surface area contributed by atoms with Crippen molar-refractivity contribution in [2.75, 3.05) is 28.4 Å². The summed E-state index contributed by atoms with van der Waals surface area (Å²) in [4.78, 5) is 0. The summed E-state index contributed by atoms with van der Waals surface area (Å²) in [6.07, 6.45) is -4.13. The van der Waals surface area contributed by atoms with Crippen molar-refractivity contribution in [3.8, 4) is 0 Å². The molecule has 2 aromatic carbocycles. The van der Waals surface area contributed by atoms with Gasteiger partial charge in [-0.25, -0.2) is 0 Å². The van der Waals surface area contributed by atoms with E-state index >= 15 is 0 Å². The number of fused-ring (bicyclic) bond motifs is 2. The molecule has 5 rings (SSSR count). The van der Waals surface area contributed by atoms with E-state index in [0.717, 1.165) is 11.1 Å². The summed E-state index contributed by atoms with van der Waals surface area (Å²) in [5.74, 6) is -5.13. The van der Waals surface area contributed by atoms with Gasteiger partial charge in [0.2, 0.25) is 23.1 Å². The largest absolute Gasteiger partial charge is 0.368 e. The van der Waals surface area contributed by atoms with Crippen LogP contribution in [0.3, 0.4) is 0 Å². The minimum Gasteiger partial charge on any atom is -0.368 e. The molecule has 0 amide bonds. The van der Waals surface area contributed by atoms with Crippen molar-refractivity contribution in [3.63, 3.8) is 0 Å². The standard InChI is InChI=1S/C32H44O10/c1-29(33-5)30(2,34-6)40-26-24(38-20-22-17-13-10-14-18-22)28-27(41-31(3,35-7)32(4,36-8)42-28)23(25(26)39-29)37-19-21-15-11-9-12-16-21/h9-18,23-28H,19-20H2,1-8H3/t23?,24?,25-,26-,27+,28+,29?,30?,31?,32?. The van der Waals surface area contributed by atoms with Crippen molar-refractivity contribution in [1.82, 2.24) is 0 Å². The molecule has 2 aliphatic heterocycles. The fraction of sp³-hybridized carbons (Fsp3) is 0.625. The van der Waals surface area contributed by atoms with E-state index in [9.17, 15) is 0 Å². The maximum Gasteiger partial charge on any atom is 0.220 e. The molecule has 6 unspecified atom stereocenters. The topological polar surface area (TPSA) is 92.3 Å². The zero-order chi connectivity index (χ0) is 30.2. The zero-order valence-electron chi connectivity index (χ0n) is 25.7. The molecule has 3 fully saturated rings. The average Bonchev–Trinajstić information content (AvgIpc) is 3.01. The van der Waals surface area contributed by atoms with Crippen LogP contribution in [0, 0.1) is 0 Å². The Hall–Kier alpha value is -1.96. The Balaban J connectivity index is 1.58. The fourth-order valence-electron chi connectivity index (χ4n) is 5.97. The summed E-state index contributed by atoms with van der Waals surface area (Å²) in [7, 11) is 6.23. The van der Waals surface area contributed by atoms with E-state index in [1.807, 2.05) is 60.7 Å². The molecule has 0 bridgehead atoms. The van der Waals surface area contributed by atoms with Gasteiger partial charge in [-0.15, -0.1) is 0 Å². The van der Waals surface area contributed by atoms with Crippen LogP contribution in [0.1, 0.15) is 38.8 Å². The second-order valence-corrected chi connectivity index (χ2v) is 11.5. The van der Waals surface area contributed by atoms with E-state index in [1.54, 1.807) is 56.1 Å². The lowest BCUT2D eigenvalue weighted by molar-refractivity contribution is -0.507. The monoisotopic (exact) mass is 588 g/mol. The number of methoxy groups -OCH3 is 4. The van der Waals surface area contributed by atoms with E-state index in [-0.39, 0.29) is 0 Å². The summed E-state index contributed by atoms with van der Waals surface area (Å²) in [5, 5.41) is 0. The van der Waals surface area contributed by atoms with Crippen LogP contribution < -0.4 is 0 Å². The lowest BCUT2D eigenvalue weighted by atomic mass is 9.80. The Bertz CT molecular complexity index is 1030. The quantitative estimate of drug-likeness (QED) is 0.402. The Morgan fingerprint density at radius 2 is 0.738 bits per heavy atom. The molecule has 2 aromatic rings. The maximum absolute atomic E-state index is 6.76. The van der Waals surface area contributed by atoms with Gasteiger partial charge in [0.05, 0.1) is 13.2 Å². The molecule has 1 saturated carbocycles. The highest BCUT2D eigenvalue weighted by Gasteiger charge is 2.69. The van der Waals surface area contributed by atoms with E-state index in [2.05, 4.69) is 0 Å². The van der Waals surface area contributed by atoms with Gasteiger partial charge in [0.25, 0.3) is 0 Å². The van der Waals surface area contributed by atoms with Crippen LogP contribution in [0.2, 0.25) is 0 Å². The first-order chi connectivity index (χ1) is 20.1. The van der Waals surface area contributed by atoms with Crippen LogP contribution in [-0.4, -0.2) is 88.2 Å². The first-order valence-electron chi connectivity index (χ1n) is 14.3. The molecule has 2 heterocycles. The summed E-state index contributed by atoms with van der Waals surface area (Å²) in [6.45, 7) is 7.74. The van der Waals surface area contributed by atoms with Crippen LogP contribution in [0.25, 0.3) is 0 Å². The molecule has 2 saturated heterocycles. The van der Waals surface area contributed by atoms with Gasteiger partial charge in [0.15, 0.2) is 0 Å². The zero-order valence-corrected chi connectivity index (χ0v) is 25.7. The number of benzene rings is 2. The molecule has 10 nitrogen and oxygen atoms in total. The van der Waals surface area contributed by atoms with E-state index in [0.29, 0.717) is 13.2 Å². The lowest BCUT2D eigenvalue weighted by Crippen LogP contribution is -2.79. The molecular weight excluding hydrogens is 544 g/mol. The maximum atomic E-state index is 6.76. The number of hydrogen-bond donors (Lipinski definition) is 0. The fourth-order valence-corrected chi connectivity index (χ4v) is 5.97. The molecule has 0 N–H and O–H groups in total. The molecule has 10 heteroatoms. The van der Waals surface area contributed by atoms with Gasteiger partial charge in [0.1, 0.15) is 36.6 Å². The smallest absolute Gasteiger partial charge is 0.220 e. The average molecular weight is 589 g/mol. The first-order valence-corrected chi connectivity index (χ1v) is 14.3. The summed E-state index contributed by atoms with van der Waals surface area (Å²) in [5.41, 5.74) is 1.99. The Morgan fingerprint density at radius 3 is 0.976 bits per heavy atom. The normalized spacial score (nSPS) is 41.6. The highest BCUT2D eigenvalue weighted by Crippen LogP contribution is 2.50. The van der Waals surface area contributed by atoms with Crippen molar-refractivity contribution < 1.29 is 47.4 Å². The Kier molecular flexibility index (Phi) is 9.14. The van der Waals surface area contributed by atoms with E-state index in [1.165, 1.54) is 0 Å². The third-order valence-electron chi connectivity index (χ3n) is 9.17. The minimum atomic E-state index is -1.28. The summed E-state index contributed by atoms with van der Waals surface area (Å²) >= 11 is 0. The number of hydrogen-bond acceptors (Lipinski definition) is 10. The predicted octanol–water partition coefficient (Wildman–Crippen LogP) is 4.19. The van der Waals surface area contributed by atoms with E-state index in [4.69, 9.17) is 47.4 Å². The predicted molar refractivity (Wildman–Crippen MR) is 151 cm³/mol. The van der Waals surface area contributed by atoms with Crippen molar-refractivity contribution in [3.05, 3.63) is 71.8 Å². The van der Waals surface area contributed by atoms with Crippen molar-refractivity contribution >= 4 is 0 Å². The van der Waals surface area contributed by atoms with Crippen LogP contribution >= 0.6 is 0 Å². The molecule has 42 heavy (non-hydrogen) atoms. The van der Waals surface area contributed by atoms with Gasteiger partial charge in [-0.05, 0) is 38.8 Å². The molecule has 0 aromatic heterocycles. The van der Waals surface area contributed by atoms with Gasteiger partial charge < -0.3 is 47.4 Å². The molecule has 232 valence electrons. The molecule has 1 aliphatic carbocycles. The molecule has 0 spiro atoms. The molecular formula is C32H44O10. The second-order valence-electron chi connectivity index (χ2n) is 11.5. The highest BCUT2D eigenvalue weighted by molar-refractivity contribution is 5.16. The minimum absolute atomic E-state index is 0.302. The highest BCUT2D eigenvalue weighted by atomic mass is 16.8. The third kappa shape index (κ3) is 5.43. The summed E-state index contributed by atoms with van der Waals surface area (Å²) in [6, 6.07) is 19.8. The van der Waals surface area contributed by atoms with Crippen LogP contribution in [0.4, 0.5) is 0 Å². The first kappa shape index (κ1) is 31.5. The third-order valence-corrected chi connectivity index (χ3v) is 9.17. The van der Waals surface area contributed by atoms with Gasteiger partial charge >= 0.3 is 0 Å².